The average Bonchev–Trinajstić information content (AvgIpc) is 2.87. The van der Waals surface area contributed by atoms with Gasteiger partial charge in [0.05, 0.1) is 0 Å². The molecule has 0 amide bonds. The van der Waals surface area contributed by atoms with Gasteiger partial charge in [-0.1, -0.05) is 24.3 Å². The van der Waals surface area contributed by atoms with Crippen molar-refractivity contribution in [1.82, 2.24) is 5.32 Å². The van der Waals surface area contributed by atoms with Crippen LogP contribution in [0.5, 0.6) is 5.75 Å². The van der Waals surface area contributed by atoms with E-state index in [2.05, 4.69) is 11.4 Å². The third-order valence-electron chi connectivity index (χ3n) is 4.74. The van der Waals surface area contributed by atoms with Gasteiger partial charge in [0, 0.05) is 12.1 Å². The van der Waals surface area contributed by atoms with Gasteiger partial charge in [0.25, 0.3) is 0 Å². The van der Waals surface area contributed by atoms with E-state index < -0.39 is 0 Å². The number of rotatable bonds is 3. The first kappa shape index (κ1) is 13.8. The summed E-state index contributed by atoms with van der Waals surface area (Å²) in [6, 6.07) is 16.0. The summed E-state index contributed by atoms with van der Waals surface area (Å²) in [6.45, 7) is 0. The van der Waals surface area contributed by atoms with Gasteiger partial charge in [-0.25, -0.2) is 4.39 Å². The zero-order valence-corrected chi connectivity index (χ0v) is 12.5. The highest BCUT2D eigenvalue weighted by Crippen LogP contribution is 2.31. The Kier molecular flexibility index (Phi) is 3.59. The molecule has 0 aliphatic carbocycles. The Morgan fingerprint density at radius 2 is 1.64 bits per heavy atom. The summed E-state index contributed by atoms with van der Waals surface area (Å²) in [7, 11) is 0. The molecule has 0 radical (unpaired) electrons. The highest BCUT2D eigenvalue weighted by molar-refractivity contribution is 5.64. The maximum Gasteiger partial charge on any atom is 0.123 e. The van der Waals surface area contributed by atoms with Gasteiger partial charge in [-0.2, -0.15) is 0 Å². The van der Waals surface area contributed by atoms with E-state index in [4.69, 9.17) is 4.74 Å². The molecule has 2 saturated heterocycles. The fraction of sp³-hybridized carbons (Fsp3) is 0.368. The van der Waals surface area contributed by atoms with E-state index in [9.17, 15) is 4.39 Å². The summed E-state index contributed by atoms with van der Waals surface area (Å²) in [6.07, 6.45) is 5.05. The molecule has 0 aromatic heterocycles. The van der Waals surface area contributed by atoms with Crippen LogP contribution in [0.1, 0.15) is 25.7 Å². The lowest BCUT2D eigenvalue weighted by Gasteiger charge is -2.29. The van der Waals surface area contributed by atoms with Crippen molar-refractivity contribution in [1.29, 1.82) is 0 Å². The minimum absolute atomic E-state index is 0.207. The second-order valence-corrected chi connectivity index (χ2v) is 6.38. The number of nitrogens with one attached hydrogen (secondary N) is 1. The van der Waals surface area contributed by atoms with Crippen molar-refractivity contribution in [2.45, 2.75) is 43.9 Å². The number of halogens is 1. The van der Waals surface area contributed by atoms with Gasteiger partial charge in [0.2, 0.25) is 0 Å². The molecule has 2 bridgehead atoms. The maximum absolute atomic E-state index is 13.0. The summed E-state index contributed by atoms with van der Waals surface area (Å²) >= 11 is 0. The standard InChI is InChI=1S/C19H20FNO/c20-15-6-4-13(5-7-15)14-2-1-3-18(10-14)22-19-11-16-8-9-17(12-19)21-16/h1-7,10,16-17,19,21H,8-9,11-12H2/t16-,17+,19-. The van der Waals surface area contributed by atoms with Gasteiger partial charge in [0.1, 0.15) is 17.7 Å². The Hall–Kier alpha value is -1.87. The van der Waals surface area contributed by atoms with Crippen molar-refractivity contribution < 1.29 is 9.13 Å². The minimum Gasteiger partial charge on any atom is -0.490 e. The molecule has 2 aromatic rings. The second-order valence-electron chi connectivity index (χ2n) is 6.38. The summed E-state index contributed by atoms with van der Waals surface area (Å²) in [4.78, 5) is 0. The molecule has 2 heterocycles. The largest absolute Gasteiger partial charge is 0.490 e. The lowest BCUT2D eigenvalue weighted by Crippen LogP contribution is -2.42. The SMILES string of the molecule is Fc1ccc(-c2cccc(O[C@@H]3C[C@H]4CC[C@@H](C3)N4)c2)cc1. The lowest BCUT2D eigenvalue weighted by molar-refractivity contribution is 0.137. The normalized spacial score (nSPS) is 26.9. The van der Waals surface area contributed by atoms with E-state index >= 15 is 0 Å². The first-order valence-electron chi connectivity index (χ1n) is 8.05. The summed E-state index contributed by atoms with van der Waals surface area (Å²) in [5, 5.41) is 3.63. The molecule has 4 rings (SSSR count). The minimum atomic E-state index is -0.207. The van der Waals surface area contributed by atoms with Crippen LogP contribution in [0, 0.1) is 5.82 Å². The van der Waals surface area contributed by atoms with E-state index in [1.807, 2.05) is 18.2 Å². The molecule has 114 valence electrons. The number of piperidine rings is 1. The van der Waals surface area contributed by atoms with Crippen molar-refractivity contribution in [3.63, 3.8) is 0 Å². The van der Waals surface area contributed by atoms with Crippen LogP contribution in [0.4, 0.5) is 4.39 Å². The molecule has 22 heavy (non-hydrogen) atoms. The zero-order valence-electron chi connectivity index (χ0n) is 12.5. The van der Waals surface area contributed by atoms with Gasteiger partial charge >= 0.3 is 0 Å². The van der Waals surface area contributed by atoms with Gasteiger partial charge in [-0.05, 0) is 61.1 Å². The molecule has 2 nitrogen and oxygen atoms in total. The molecule has 3 heteroatoms. The van der Waals surface area contributed by atoms with Crippen molar-refractivity contribution in [3.8, 4) is 16.9 Å². The Morgan fingerprint density at radius 3 is 2.36 bits per heavy atom. The zero-order chi connectivity index (χ0) is 14.9. The lowest BCUT2D eigenvalue weighted by atomic mass is 10.0. The van der Waals surface area contributed by atoms with E-state index in [1.165, 1.54) is 25.0 Å². The number of hydrogen-bond donors (Lipinski definition) is 1. The van der Waals surface area contributed by atoms with E-state index in [0.717, 1.165) is 29.7 Å². The third-order valence-corrected chi connectivity index (χ3v) is 4.74. The topological polar surface area (TPSA) is 21.3 Å². The van der Waals surface area contributed by atoms with Crippen LogP contribution in [0.3, 0.4) is 0 Å². The van der Waals surface area contributed by atoms with Crippen molar-refractivity contribution in [2.24, 2.45) is 0 Å². The molecule has 3 atom stereocenters. The maximum atomic E-state index is 13.0. The molecule has 0 saturated carbocycles. The number of ether oxygens (including phenoxy) is 1. The molecule has 2 aliphatic heterocycles. The van der Waals surface area contributed by atoms with Crippen molar-refractivity contribution >= 4 is 0 Å². The van der Waals surface area contributed by atoms with Crippen LogP contribution in [-0.4, -0.2) is 18.2 Å². The highest BCUT2D eigenvalue weighted by atomic mass is 19.1. The Bertz CT molecular complexity index is 643. The molecule has 2 fully saturated rings. The van der Waals surface area contributed by atoms with Crippen LogP contribution in [0.25, 0.3) is 11.1 Å². The second kappa shape index (κ2) is 5.73. The Labute approximate surface area is 130 Å². The molecule has 0 spiro atoms. The van der Waals surface area contributed by atoms with Crippen LogP contribution < -0.4 is 10.1 Å². The number of benzene rings is 2. The van der Waals surface area contributed by atoms with Crippen LogP contribution >= 0.6 is 0 Å². The number of fused-ring (bicyclic) bond motifs is 2. The predicted octanol–water partition coefficient (Wildman–Crippen LogP) is 4.15. The predicted molar refractivity (Wildman–Crippen MR) is 85.4 cm³/mol. The first-order chi connectivity index (χ1) is 10.8. The average molecular weight is 297 g/mol. The fourth-order valence-corrected chi connectivity index (χ4v) is 3.69. The van der Waals surface area contributed by atoms with Gasteiger partial charge in [-0.3, -0.25) is 0 Å². The molecular weight excluding hydrogens is 277 g/mol. The van der Waals surface area contributed by atoms with Crippen molar-refractivity contribution in [3.05, 3.63) is 54.3 Å². The molecule has 1 N–H and O–H groups in total. The molecule has 2 aromatic carbocycles. The highest BCUT2D eigenvalue weighted by Gasteiger charge is 2.34. The van der Waals surface area contributed by atoms with Crippen LogP contribution in [-0.2, 0) is 0 Å². The van der Waals surface area contributed by atoms with Crippen molar-refractivity contribution in [2.75, 3.05) is 0 Å². The van der Waals surface area contributed by atoms with Gasteiger partial charge < -0.3 is 10.1 Å². The molecular formula is C19H20FNO. The Balaban J connectivity index is 1.51. The Morgan fingerprint density at radius 1 is 0.909 bits per heavy atom. The first-order valence-corrected chi connectivity index (χ1v) is 8.05. The van der Waals surface area contributed by atoms with E-state index in [-0.39, 0.29) is 5.82 Å². The quantitative estimate of drug-likeness (QED) is 0.918. The van der Waals surface area contributed by atoms with Crippen LogP contribution in [0.15, 0.2) is 48.5 Å². The summed E-state index contributed by atoms with van der Waals surface area (Å²) < 4.78 is 19.2. The summed E-state index contributed by atoms with van der Waals surface area (Å²) in [5.74, 6) is 0.703. The monoisotopic (exact) mass is 297 g/mol. The van der Waals surface area contributed by atoms with Crippen LogP contribution in [0.2, 0.25) is 0 Å². The molecule has 0 unspecified atom stereocenters. The fourth-order valence-electron chi connectivity index (χ4n) is 3.69. The molecule has 2 aliphatic rings. The smallest absolute Gasteiger partial charge is 0.123 e. The van der Waals surface area contributed by atoms with Gasteiger partial charge in [-0.15, -0.1) is 0 Å². The van der Waals surface area contributed by atoms with E-state index in [0.29, 0.717) is 18.2 Å². The number of hydrogen-bond acceptors (Lipinski definition) is 2. The summed E-state index contributed by atoms with van der Waals surface area (Å²) in [5.41, 5.74) is 2.08. The third kappa shape index (κ3) is 2.86. The van der Waals surface area contributed by atoms with E-state index in [1.54, 1.807) is 12.1 Å². The van der Waals surface area contributed by atoms with Gasteiger partial charge in [0.15, 0.2) is 0 Å².